The van der Waals surface area contributed by atoms with Crippen LogP contribution in [0.15, 0.2) is 24.3 Å². The Bertz CT molecular complexity index is 301. The summed E-state index contributed by atoms with van der Waals surface area (Å²) in [5, 5.41) is 0. The second-order valence-electron chi connectivity index (χ2n) is 5.72. The van der Waals surface area contributed by atoms with Crippen LogP contribution in [-0.4, -0.2) is 0 Å². The van der Waals surface area contributed by atoms with Crippen LogP contribution in [0.25, 0.3) is 0 Å². The van der Waals surface area contributed by atoms with Crippen molar-refractivity contribution in [2.24, 2.45) is 5.92 Å². The summed E-state index contributed by atoms with van der Waals surface area (Å²) in [5.74, 6) is 1.04. The van der Waals surface area contributed by atoms with Gasteiger partial charge in [-0.3, -0.25) is 0 Å². The fourth-order valence-electron chi connectivity index (χ4n) is 2.98. The van der Waals surface area contributed by atoms with Crippen molar-refractivity contribution < 1.29 is 32.7 Å². The zero-order valence-electron chi connectivity index (χ0n) is 11.8. The third-order valence-corrected chi connectivity index (χ3v) is 4.15. The topological polar surface area (TPSA) is 0 Å². The van der Waals surface area contributed by atoms with Gasteiger partial charge in [-0.2, -0.15) is 0 Å². The Kier molecular flexibility index (Phi) is 8.43. The first kappa shape index (κ1) is 16.4. The maximum atomic E-state index is 2.36. The molecule has 0 spiro atoms. The summed E-state index contributed by atoms with van der Waals surface area (Å²) in [6.07, 6.45) is 12.8. The molecule has 1 aromatic carbocycles. The Morgan fingerprint density at radius 2 is 1.28 bits per heavy atom. The molecule has 0 nitrogen and oxygen atoms in total. The zero-order chi connectivity index (χ0) is 11.9. The molecule has 0 bridgehead atoms. The van der Waals surface area contributed by atoms with Gasteiger partial charge in [0.25, 0.3) is 0 Å². The van der Waals surface area contributed by atoms with Crippen molar-refractivity contribution in [3.63, 3.8) is 0 Å². The number of aryl methyl sites for hydroxylation is 2. The predicted octanol–water partition coefficient (Wildman–Crippen LogP) is 5.15. The average Bonchev–Trinajstić information content (AvgIpc) is 2.41. The molecule has 0 amide bonds. The quantitative estimate of drug-likeness (QED) is 0.620. The molecule has 0 saturated heterocycles. The van der Waals surface area contributed by atoms with Gasteiger partial charge < -0.3 is 0 Å². The number of rotatable bonds is 0. The van der Waals surface area contributed by atoms with E-state index in [1.54, 1.807) is 11.1 Å². The molecule has 3 rings (SSSR count). The molecule has 2 aliphatic carbocycles. The van der Waals surface area contributed by atoms with Crippen LogP contribution in [0.5, 0.6) is 0 Å². The fraction of sp³-hybridized carbons (Fsp3) is 0.647. The smallest absolute Gasteiger partial charge is 0 e. The number of hydrogen-bond acceptors (Lipinski definition) is 0. The van der Waals surface area contributed by atoms with Crippen LogP contribution in [0.3, 0.4) is 0 Å². The van der Waals surface area contributed by atoms with E-state index in [1.807, 2.05) is 0 Å². The first-order valence-electron chi connectivity index (χ1n) is 7.43. The number of fused-ring (bicyclic) bond motifs is 1. The first-order valence-corrected chi connectivity index (χ1v) is 7.43. The van der Waals surface area contributed by atoms with Gasteiger partial charge in [0.15, 0.2) is 0 Å². The van der Waals surface area contributed by atoms with E-state index >= 15 is 0 Å². The van der Waals surface area contributed by atoms with E-state index in [0.29, 0.717) is 0 Å². The van der Waals surface area contributed by atoms with Crippen molar-refractivity contribution in [3.05, 3.63) is 35.4 Å². The van der Waals surface area contributed by atoms with Crippen LogP contribution in [0, 0.1) is 5.92 Å². The minimum Gasteiger partial charge on any atom is -0.0625 e. The van der Waals surface area contributed by atoms with Crippen LogP contribution in [0.4, 0.5) is 0 Å². The van der Waals surface area contributed by atoms with Gasteiger partial charge in [-0.1, -0.05) is 63.3 Å². The van der Waals surface area contributed by atoms with Crippen molar-refractivity contribution >= 4 is 0 Å². The van der Waals surface area contributed by atoms with Crippen molar-refractivity contribution in [2.75, 3.05) is 0 Å². The Balaban J connectivity index is 0.000000181. The van der Waals surface area contributed by atoms with Gasteiger partial charge in [-0.15, -0.1) is 0 Å². The summed E-state index contributed by atoms with van der Waals surface area (Å²) in [6.45, 7) is 2.36. The van der Waals surface area contributed by atoms with Crippen molar-refractivity contribution in [2.45, 2.75) is 64.7 Å². The van der Waals surface area contributed by atoms with Crippen molar-refractivity contribution in [1.82, 2.24) is 0 Å². The molecule has 0 aliphatic heterocycles. The van der Waals surface area contributed by atoms with E-state index in [2.05, 4.69) is 31.2 Å². The van der Waals surface area contributed by atoms with E-state index in [4.69, 9.17) is 0 Å². The van der Waals surface area contributed by atoms with Gasteiger partial charge in [0, 0.05) is 32.7 Å². The molecule has 1 fully saturated rings. The largest absolute Gasteiger partial charge is 0.0625 e. The summed E-state index contributed by atoms with van der Waals surface area (Å²) in [4.78, 5) is 0. The van der Waals surface area contributed by atoms with Crippen LogP contribution in [0.2, 0.25) is 0 Å². The van der Waals surface area contributed by atoms with E-state index in [1.165, 1.54) is 57.8 Å². The molecule has 1 heteroatoms. The molecular formula is C17H26Y. The van der Waals surface area contributed by atoms with Gasteiger partial charge in [-0.05, 0) is 42.7 Å². The summed E-state index contributed by atoms with van der Waals surface area (Å²) in [5.41, 5.74) is 3.16. The normalized spacial score (nSPS) is 18.9. The molecule has 18 heavy (non-hydrogen) atoms. The van der Waals surface area contributed by atoms with E-state index in [0.717, 1.165) is 5.92 Å². The molecule has 1 aromatic rings. The van der Waals surface area contributed by atoms with E-state index in [-0.39, 0.29) is 32.7 Å². The molecule has 0 aromatic heterocycles. The molecule has 0 heterocycles. The number of benzene rings is 1. The van der Waals surface area contributed by atoms with Crippen molar-refractivity contribution in [3.8, 4) is 0 Å². The van der Waals surface area contributed by atoms with Crippen molar-refractivity contribution in [1.29, 1.82) is 0 Å². The molecule has 0 atom stereocenters. The number of hydrogen-bond donors (Lipinski definition) is 0. The maximum absolute atomic E-state index is 2.36. The van der Waals surface area contributed by atoms with E-state index in [9.17, 15) is 0 Å². The Morgan fingerprint density at radius 3 is 1.67 bits per heavy atom. The second kappa shape index (κ2) is 9.26. The summed E-state index contributed by atoms with van der Waals surface area (Å²) < 4.78 is 0. The fourth-order valence-corrected chi connectivity index (χ4v) is 2.98. The maximum Gasteiger partial charge on any atom is 0 e. The van der Waals surface area contributed by atoms with Crippen LogP contribution < -0.4 is 0 Å². The van der Waals surface area contributed by atoms with Gasteiger partial charge in [0.1, 0.15) is 0 Å². The van der Waals surface area contributed by atoms with Gasteiger partial charge in [0.05, 0.1) is 0 Å². The molecule has 97 valence electrons. The zero-order valence-corrected chi connectivity index (χ0v) is 14.7. The Labute approximate surface area is 138 Å². The summed E-state index contributed by atoms with van der Waals surface area (Å²) in [6, 6.07) is 8.80. The Morgan fingerprint density at radius 1 is 0.778 bits per heavy atom. The SMILES string of the molecule is CC1CCCCC1.[Y].c1ccc2c(c1)CCCC2. The van der Waals surface area contributed by atoms with Crippen LogP contribution in [-0.2, 0) is 45.6 Å². The molecule has 0 unspecified atom stereocenters. The van der Waals surface area contributed by atoms with Gasteiger partial charge in [-0.25, -0.2) is 0 Å². The van der Waals surface area contributed by atoms with E-state index < -0.39 is 0 Å². The monoisotopic (exact) mass is 319 g/mol. The molecule has 1 radical (unpaired) electrons. The standard InChI is InChI=1S/C10H12.C7H14.Y/c1-2-6-10-8-4-3-7-9(10)5-1;1-7-5-3-2-4-6-7;/h1-2,5-6H,3-4,7-8H2;7H,2-6H2,1H3;. The average molecular weight is 319 g/mol. The predicted molar refractivity (Wildman–Crippen MR) is 75.3 cm³/mol. The van der Waals surface area contributed by atoms with Gasteiger partial charge in [0.2, 0.25) is 0 Å². The molecule has 1 saturated carbocycles. The molecule has 2 aliphatic rings. The molecule has 0 N–H and O–H groups in total. The first-order chi connectivity index (χ1) is 8.36. The minimum atomic E-state index is 0. The second-order valence-corrected chi connectivity index (χ2v) is 5.72. The van der Waals surface area contributed by atoms with Crippen LogP contribution >= 0.6 is 0 Å². The third-order valence-electron chi connectivity index (χ3n) is 4.15. The van der Waals surface area contributed by atoms with Gasteiger partial charge >= 0.3 is 0 Å². The molecular weight excluding hydrogens is 293 g/mol. The minimum absolute atomic E-state index is 0. The third kappa shape index (κ3) is 5.53. The Hall–Kier alpha value is 0.324. The van der Waals surface area contributed by atoms with Crippen LogP contribution in [0.1, 0.15) is 63.0 Å². The summed E-state index contributed by atoms with van der Waals surface area (Å²) in [7, 11) is 0. The summed E-state index contributed by atoms with van der Waals surface area (Å²) >= 11 is 0.